The molecule has 9 heteroatoms. The molecule has 0 unspecified atom stereocenters. The lowest BCUT2D eigenvalue weighted by Crippen LogP contribution is -2.23. The van der Waals surface area contributed by atoms with E-state index in [2.05, 4.69) is 4.98 Å². The summed E-state index contributed by atoms with van der Waals surface area (Å²) in [5, 5.41) is 2.12. The number of ether oxygens (including phenoxy) is 2. The standard InChI is InChI=1S/C16H12F3NO4S/c17-16(18,19)10-3-1-9(2-4-10)14-20-11(8-25-14)7-13(21)24-12-5-6-23-15(12)22/h1-4,8,12H,5-7H2/t12-/m1/s1. The van der Waals surface area contributed by atoms with Crippen molar-refractivity contribution in [3.05, 3.63) is 40.9 Å². The number of esters is 2. The zero-order chi connectivity index (χ0) is 18.0. The van der Waals surface area contributed by atoms with Crippen LogP contribution >= 0.6 is 11.3 Å². The van der Waals surface area contributed by atoms with Gasteiger partial charge in [-0.3, -0.25) is 4.79 Å². The normalized spacial score (nSPS) is 17.4. The number of rotatable bonds is 4. The van der Waals surface area contributed by atoms with Crippen LogP contribution in [0.4, 0.5) is 13.2 Å². The first-order valence-electron chi connectivity index (χ1n) is 7.31. The van der Waals surface area contributed by atoms with Gasteiger partial charge in [0.15, 0.2) is 0 Å². The van der Waals surface area contributed by atoms with Crippen LogP contribution in [0.2, 0.25) is 0 Å². The van der Waals surface area contributed by atoms with Crippen LogP contribution in [0, 0.1) is 0 Å². The summed E-state index contributed by atoms with van der Waals surface area (Å²) in [5.74, 6) is -1.16. The lowest BCUT2D eigenvalue weighted by atomic mass is 10.1. The molecule has 1 aliphatic heterocycles. The number of aromatic nitrogens is 1. The van der Waals surface area contributed by atoms with E-state index in [9.17, 15) is 22.8 Å². The predicted molar refractivity (Wildman–Crippen MR) is 81.7 cm³/mol. The molecule has 0 spiro atoms. The van der Waals surface area contributed by atoms with Crippen LogP contribution in [0.3, 0.4) is 0 Å². The number of carbonyl (C=O) groups is 2. The van der Waals surface area contributed by atoms with Crippen LogP contribution in [0.15, 0.2) is 29.6 Å². The predicted octanol–water partition coefficient (Wildman–Crippen LogP) is 3.23. The minimum atomic E-state index is -4.39. The average molecular weight is 371 g/mol. The second-order valence-corrected chi connectivity index (χ2v) is 6.19. The molecule has 1 fully saturated rings. The molecule has 1 atom stereocenters. The van der Waals surface area contributed by atoms with Gasteiger partial charge in [0.25, 0.3) is 0 Å². The van der Waals surface area contributed by atoms with E-state index in [0.29, 0.717) is 22.7 Å². The molecule has 25 heavy (non-hydrogen) atoms. The zero-order valence-electron chi connectivity index (χ0n) is 12.7. The summed E-state index contributed by atoms with van der Waals surface area (Å²) >= 11 is 1.21. The molecule has 0 saturated carbocycles. The molecule has 132 valence electrons. The van der Waals surface area contributed by atoms with Gasteiger partial charge in [-0.05, 0) is 12.1 Å². The molecule has 0 bridgehead atoms. The molecule has 0 N–H and O–H groups in total. The number of cyclic esters (lactones) is 1. The number of carbonyl (C=O) groups excluding carboxylic acids is 2. The Morgan fingerprint density at radius 2 is 2.04 bits per heavy atom. The molecular formula is C16H12F3NO4S. The second-order valence-electron chi connectivity index (χ2n) is 5.33. The minimum absolute atomic E-state index is 0.124. The van der Waals surface area contributed by atoms with Gasteiger partial charge >= 0.3 is 18.1 Å². The van der Waals surface area contributed by atoms with Crippen molar-refractivity contribution in [2.24, 2.45) is 0 Å². The van der Waals surface area contributed by atoms with E-state index in [1.165, 1.54) is 23.5 Å². The topological polar surface area (TPSA) is 65.5 Å². The maximum Gasteiger partial charge on any atom is 0.416 e. The second kappa shape index (κ2) is 6.83. The fourth-order valence-electron chi connectivity index (χ4n) is 2.26. The fourth-order valence-corrected chi connectivity index (χ4v) is 3.08. The van der Waals surface area contributed by atoms with Crippen molar-refractivity contribution in [3.63, 3.8) is 0 Å². The Hall–Kier alpha value is -2.42. The van der Waals surface area contributed by atoms with Crippen molar-refractivity contribution in [3.8, 4) is 10.6 Å². The molecular weight excluding hydrogens is 359 g/mol. The van der Waals surface area contributed by atoms with Crippen LogP contribution in [0.25, 0.3) is 10.6 Å². The summed E-state index contributed by atoms with van der Waals surface area (Å²) in [4.78, 5) is 27.3. The third-order valence-electron chi connectivity index (χ3n) is 3.50. The van der Waals surface area contributed by atoms with Crippen molar-refractivity contribution in [2.45, 2.75) is 25.1 Å². The molecule has 2 aromatic rings. The van der Waals surface area contributed by atoms with E-state index in [-0.39, 0.29) is 13.0 Å². The van der Waals surface area contributed by atoms with Gasteiger partial charge in [-0.25, -0.2) is 9.78 Å². The Bertz CT molecular complexity index is 785. The van der Waals surface area contributed by atoms with E-state index in [1.807, 2.05) is 0 Å². The van der Waals surface area contributed by atoms with Gasteiger partial charge in [0, 0.05) is 17.4 Å². The quantitative estimate of drug-likeness (QED) is 0.772. The smallest absolute Gasteiger partial charge is 0.416 e. The highest BCUT2D eigenvalue weighted by Gasteiger charge is 2.31. The van der Waals surface area contributed by atoms with E-state index in [4.69, 9.17) is 9.47 Å². The lowest BCUT2D eigenvalue weighted by molar-refractivity contribution is -0.159. The largest absolute Gasteiger partial charge is 0.463 e. The highest BCUT2D eigenvalue weighted by molar-refractivity contribution is 7.13. The Morgan fingerprint density at radius 3 is 2.64 bits per heavy atom. The third-order valence-corrected chi connectivity index (χ3v) is 4.44. The monoisotopic (exact) mass is 371 g/mol. The minimum Gasteiger partial charge on any atom is -0.463 e. The zero-order valence-corrected chi connectivity index (χ0v) is 13.5. The van der Waals surface area contributed by atoms with Crippen molar-refractivity contribution in [1.29, 1.82) is 0 Å². The van der Waals surface area contributed by atoms with E-state index < -0.39 is 29.8 Å². The first kappa shape index (κ1) is 17.4. The third kappa shape index (κ3) is 4.16. The van der Waals surface area contributed by atoms with Crippen LogP contribution < -0.4 is 0 Å². The van der Waals surface area contributed by atoms with Crippen LogP contribution in [0.1, 0.15) is 17.7 Å². The summed E-state index contributed by atoms with van der Waals surface area (Å²) in [7, 11) is 0. The molecule has 0 radical (unpaired) electrons. The van der Waals surface area contributed by atoms with Crippen molar-refractivity contribution in [2.75, 3.05) is 6.61 Å². The molecule has 1 saturated heterocycles. The maximum atomic E-state index is 12.6. The van der Waals surface area contributed by atoms with Gasteiger partial charge < -0.3 is 9.47 Å². The fraction of sp³-hybridized carbons (Fsp3) is 0.312. The van der Waals surface area contributed by atoms with E-state index >= 15 is 0 Å². The van der Waals surface area contributed by atoms with E-state index in [1.54, 1.807) is 5.38 Å². The van der Waals surface area contributed by atoms with Crippen molar-refractivity contribution < 1.29 is 32.2 Å². The van der Waals surface area contributed by atoms with Crippen LogP contribution in [-0.2, 0) is 31.7 Å². The molecule has 3 rings (SSSR count). The van der Waals surface area contributed by atoms with Gasteiger partial charge in [-0.2, -0.15) is 13.2 Å². The summed E-state index contributed by atoms with van der Waals surface area (Å²) < 4.78 is 47.4. The summed E-state index contributed by atoms with van der Waals surface area (Å²) in [5.41, 5.74) is 0.216. The highest BCUT2D eigenvalue weighted by atomic mass is 32.1. The van der Waals surface area contributed by atoms with Gasteiger partial charge in [-0.1, -0.05) is 12.1 Å². The molecule has 1 aromatic heterocycles. The highest BCUT2D eigenvalue weighted by Crippen LogP contribution is 2.31. The molecule has 5 nitrogen and oxygen atoms in total. The SMILES string of the molecule is O=C(Cc1csc(-c2ccc(C(F)(F)F)cc2)n1)O[C@@H]1CCOC1=O. The molecule has 1 aliphatic rings. The van der Waals surface area contributed by atoms with Crippen molar-refractivity contribution >= 4 is 23.3 Å². The van der Waals surface area contributed by atoms with Crippen LogP contribution in [0.5, 0.6) is 0 Å². The van der Waals surface area contributed by atoms with Gasteiger partial charge in [0.05, 0.1) is 24.3 Å². The molecule has 0 aliphatic carbocycles. The molecule has 1 aromatic carbocycles. The first-order valence-corrected chi connectivity index (χ1v) is 8.19. The maximum absolute atomic E-state index is 12.6. The Morgan fingerprint density at radius 1 is 1.32 bits per heavy atom. The molecule has 0 amide bonds. The number of alkyl halides is 3. The number of benzene rings is 1. The summed E-state index contributed by atoms with van der Waals surface area (Å²) in [6, 6.07) is 4.63. The molecule has 2 heterocycles. The van der Waals surface area contributed by atoms with E-state index in [0.717, 1.165) is 12.1 Å². The van der Waals surface area contributed by atoms with Gasteiger partial charge in [0.1, 0.15) is 5.01 Å². The number of thiazole rings is 1. The summed E-state index contributed by atoms with van der Waals surface area (Å²) in [6.45, 7) is 0.228. The number of hydrogen-bond acceptors (Lipinski definition) is 6. The number of hydrogen-bond donors (Lipinski definition) is 0. The van der Waals surface area contributed by atoms with Gasteiger partial charge in [0.2, 0.25) is 6.10 Å². The first-order chi connectivity index (χ1) is 11.8. The average Bonchev–Trinajstić information content (AvgIpc) is 3.16. The van der Waals surface area contributed by atoms with Crippen LogP contribution in [-0.4, -0.2) is 29.6 Å². The number of nitrogens with zero attached hydrogens (tertiary/aromatic N) is 1. The Kier molecular flexibility index (Phi) is 4.76. The van der Waals surface area contributed by atoms with Crippen molar-refractivity contribution in [1.82, 2.24) is 4.98 Å². The number of halogens is 3. The Balaban J connectivity index is 1.64. The Labute approximate surface area is 144 Å². The van der Waals surface area contributed by atoms with Gasteiger partial charge in [-0.15, -0.1) is 11.3 Å². The summed E-state index contributed by atoms with van der Waals surface area (Å²) in [6.07, 6.45) is -5.06. The lowest BCUT2D eigenvalue weighted by Gasteiger charge is -2.07.